The summed E-state index contributed by atoms with van der Waals surface area (Å²) in [4.78, 5) is 21.8. The van der Waals surface area contributed by atoms with E-state index in [1.807, 2.05) is 6.08 Å². The van der Waals surface area contributed by atoms with Crippen LogP contribution in [0.2, 0.25) is 0 Å². The van der Waals surface area contributed by atoms with Crippen LogP contribution in [0.25, 0.3) is 0 Å². The summed E-state index contributed by atoms with van der Waals surface area (Å²) in [6.45, 7) is 2.22. The maximum Gasteiger partial charge on any atom is 0.303 e. The van der Waals surface area contributed by atoms with Crippen molar-refractivity contribution in [3.8, 4) is 0 Å². The molecule has 0 aromatic carbocycles. The molecule has 0 aliphatic rings. The van der Waals surface area contributed by atoms with Crippen LogP contribution in [0.3, 0.4) is 0 Å². The van der Waals surface area contributed by atoms with Crippen LogP contribution in [0.5, 0.6) is 0 Å². The van der Waals surface area contributed by atoms with Crippen LogP contribution in [0.15, 0.2) is 36.5 Å². The van der Waals surface area contributed by atoms with Crippen molar-refractivity contribution < 1.29 is 14.7 Å². The molecule has 0 atom stereocenters. The Hall–Kier alpha value is -1.64. The molecule has 0 amide bonds. The fourth-order valence-corrected chi connectivity index (χ4v) is 2.10. The second-order valence-electron chi connectivity index (χ2n) is 5.71. The summed E-state index contributed by atoms with van der Waals surface area (Å²) in [5.41, 5.74) is 0. The third-order valence-electron chi connectivity index (χ3n) is 3.45. The standard InChI is InChI=1S/C20H32O3/c1-2-3-4-5-6-7-8-9-10-11-12-13-14-16-19(21)17-15-18-20(22)23/h6-7,9-10,12-13H,2-5,8,11,14-18H2,1H3,(H,22,23)/b7-6-,10-9-,13-12-. The van der Waals surface area contributed by atoms with E-state index in [0.29, 0.717) is 19.3 Å². The first-order valence-electron chi connectivity index (χ1n) is 8.85. The Balaban J connectivity index is 3.47. The highest BCUT2D eigenvalue weighted by Gasteiger charge is 2.02. The van der Waals surface area contributed by atoms with Gasteiger partial charge in [-0.15, -0.1) is 0 Å². The van der Waals surface area contributed by atoms with Crippen LogP contribution in [-0.2, 0) is 9.59 Å². The number of allylic oxidation sites excluding steroid dienone is 6. The average Bonchev–Trinajstić information content (AvgIpc) is 2.51. The van der Waals surface area contributed by atoms with Crippen molar-refractivity contribution in [1.82, 2.24) is 0 Å². The number of hydrogen-bond donors (Lipinski definition) is 1. The highest BCUT2D eigenvalue weighted by atomic mass is 16.4. The summed E-state index contributed by atoms with van der Waals surface area (Å²) in [6.07, 6.45) is 22.0. The highest BCUT2D eigenvalue weighted by Crippen LogP contribution is 2.03. The maximum atomic E-state index is 11.5. The number of carboxylic acid groups (broad SMARTS) is 1. The van der Waals surface area contributed by atoms with Crippen LogP contribution >= 0.6 is 0 Å². The summed E-state index contributed by atoms with van der Waals surface area (Å²) in [6, 6.07) is 0. The lowest BCUT2D eigenvalue weighted by molar-refractivity contribution is -0.137. The van der Waals surface area contributed by atoms with Crippen LogP contribution in [0, 0.1) is 0 Å². The number of unbranched alkanes of at least 4 members (excludes halogenated alkanes) is 3. The molecule has 0 aliphatic carbocycles. The van der Waals surface area contributed by atoms with Gasteiger partial charge in [0.05, 0.1) is 0 Å². The Morgan fingerprint density at radius 2 is 1.35 bits per heavy atom. The van der Waals surface area contributed by atoms with Gasteiger partial charge in [0.15, 0.2) is 0 Å². The van der Waals surface area contributed by atoms with Crippen molar-refractivity contribution in [3.05, 3.63) is 36.5 Å². The predicted molar refractivity (Wildman–Crippen MR) is 96.5 cm³/mol. The Morgan fingerprint density at radius 3 is 1.96 bits per heavy atom. The third kappa shape index (κ3) is 18.3. The minimum atomic E-state index is -0.833. The van der Waals surface area contributed by atoms with Gasteiger partial charge in [-0.2, -0.15) is 0 Å². The lowest BCUT2D eigenvalue weighted by atomic mass is 10.1. The Morgan fingerprint density at radius 1 is 0.739 bits per heavy atom. The zero-order valence-corrected chi connectivity index (χ0v) is 14.5. The molecular weight excluding hydrogens is 288 g/mol. The van der Waals surface area contributed by atoms with Crippen molar-refractivity contribution >= 4 is 11.8 Å². The number of Topliss-reactive ketones (excluding diaryl/α,β-unsaturated/α-hetero) is 1. The van der Waals surface area contributed by atoms with Crippen molar-refractivity contribution in [2.24, 2.45) is 0 Å². The number of hydrogen-bond acceptors (Lipinski definition) is 2. The summed E-state index contributed by atoms with van der Waals surface area (Å²) in [7, 11) is 0. The van der Waals surface area contributed by atoms with E-state index in [0.717, 1.165) is 19.3 Å². The fraction of sp³-hybridized carbons (Fsp3) is 0.600. The minimum absolute atomic E-state index is 0.0828. The van der Waals surface area contributed by atoms with Crippen molar-refractivity contribution in [3.63, 3.8) is 0 Å². The number of ketones is 1. The molecule has 0 saturated carbocycles. The Bertz CT molecular complexity index is 392. The van der Waals surface area contributed by atoms with Gasteiger partial charge in [0.25, 0.3) is 0 Å². The average molecular weight is 320 g/mol. The van der Waals surface area contributed by atoms with E-state index >= 15 is 0 Å². The van der Waals surface area contributed by atoms with Crippen molar-refractivity contribution in [2.75, 3.05) is 0 Å². The molecule has 3 heteroatoms. The first-order chi connectivity index (χ1) is 11.2. The SMILES string of the molecule is CCCCC/C=C\C/C=C\C/C=C\CCC(=O)CCCC(=O)O. The van der Waals surface area contributed by atoms with Crippen LogP contribution in [0.4, 0.5) is 0 Å². The molecule has 0 radical (unpaired) electrons. The van der Waals surface area contributed by atoms with Gasteiger partial charge in [-0.1, -0.05) is 56.2 Å². The molecular formula is C20H32O3. The van der Waals surface area contributed by atoms with Gasteiger partial charge < -0.3 is 5.11 Å². The molecule has 3 nitrogen and oxygen atoms in total. The fourth-order valence-electron chi connectivity index (χ4n) is 2.10. The zero-order valence-electron chi connectivity index (χ0n) is 14.5. The smallest absolute Gasteiger partial charge is 0.303 e. The predicted octanol–water partition coefficient (Wildman–Crippen LogP) is 5.62. The van der Waals surface area contributed by atoms with E-state index < -0.39 is 5.97 Å². The molecule has 0 rings (SSSR count). The van der Waals surface area contributed by atoms with E-state index in [4.69, 9.17) is 5.11 Å². The maximum absolute atomic E-state index is 11.5. The lowest BCUT2D eigenvalue weighted by Gasteiger charge is -1.96. The Labute approximate surface area is 141 Å². The van der Waals surface area contributed by atoms with Gasteiger partial charge in [0.2, 0.25) is 0 Å². The van der Waals surface area contributed by atoms with E-state index in [1.165, 1.54) is 25.7 Å². The largest absolute Gasteiger partial charge is 0.481 e. The van der Waals surface area contributed by atoms with Gasteiger partial charge in [0.1, 0.15) is 5.78 Å². The molecule has 0 aliphatic heterocycles. The van der Waals surface area contributed by atoms with Gasteiger partial charge >= 0.3 is 5.97 Å². The summed E-state index contributed by atoms with van der Waals surface area (Å²) in [5.74, 6) is -0.681. The highest BCUT2D eigenvalue weighted by molar-refractivity contribution is 5.79. The minimum Gasteiger partial charge on any atom is -0.481 e. The molecule has 0 unspecified atom stereocenters. The normalized spacial score (nSPS) is 11.9. The quantitative estimate of drug-likeness (QED) is 0.315. The molecule has 0 bridgehead atoms. The Kier molecular flexibility index (Phi) is 15.5. The summed E-state index contributed by atoms with van der Waals surface area (Å²) in [5, 5.41) is 8.49. The molecule has 0 aromatic heterocycles. The van der Waals surface area contributed by atoms with Gasteiger partial charge in [0, 0.05) is 19.3 Å². The molecule has 0 spiro atoms. The molecule has 130 valence electrons. The van der Waals surface area contributed by atoms with Crippen LogP contribution in [-0.4, -0.2) is 16.9 Å². The first-order valence-corrected chi connectivity index (χ1v) is 8.85. The molecule has 0 fully saturated rings. The lowest BCUT2D eigenvalue weighted by Crippen LogP contribution is -2.00. The summed E-state index contributed by atoms with van der Waals surface area (Å²) < 4.78 is 0. The topological polar surface area (TPSA) is 54.4 Å². The molecule has 0 saturated heterocycles. The van der Waals surface area contributed by atoms with Gasteiger partial charge in [-0.3, -0.25) is 9.59 Å². The van der Waals surface area contributed by atoms with Crippen LogP contribution in [0.1, 0.15) is 77.6 Å². The first kappa shape index (κ1) is 21.4. The van der Waals surface area contributed by atoms with Crippen LogP contribution < -0.4 is 0 Å². The van der Waals surface area contributed by atoms with E-state index in [-0.39, 0.29) is 12.2 Å². The molecule has 0 aromatic rings. The monoisotopic (exact) mass is 320 g/mol. The number of carboxylic acids is 1. The summed E-state index contributed by atoms with van der Waals surface area (Å²) >= 11 is 0. The number of carbonyl (C=O) groups excluding carboxylic acids is 1. The number of aliphatic carboxylic acids is 1. The van der Waals surface area contributed by atoms with Gasteiger partial charge in [-0.25, -0.2) is 0 Å². The van der Waals surface area contributed by atoms with E-state index in [1.54, 1.807) is 0 Å². The third-order valence-corrected chi connectivity index (χ3v) is 3.45. The number of rotatable bonds is 15. The second-order valence-corrected chi connectivity index (χ2v) is 5.71. The zero-order chi connectivity index (χ0) is 17.2. The van der Waals surface area contributed by atoms with E-state index in [9.17, 15) is 9.59 Å². The van der Waals surface area contributed by atoms with Crippen molar-refractivity contribution in [2.45, 2.75) is 77.6 Å². The second kappa shape index (κ2) is 16.7. The van der Waals surface area contributed by atoms with Crippen molar-refractivity contribution in [1.29, 1.82) is 0 Å². The molecule has 0 heterocycles. The van der Waals surface area contributed by atoms with E-state index in [2.05, 4.69) is 37.3 Å². The van der Waals surface area contributed by atoms with Gasteiger partial charge in [-0.05, 0) is 38.5 Å². The molecule has 23 heavy (non-hydrogen) atoms. The number of carbonyl (C=O) groups is 2. The molecule has 1 N–H and O–H groups in total.